The predicted octanol–water partition coefficient (Wildman–Crippen LogP) is 2.66. The van der Waals surface area contributed by atoms with Crippen LogP contribution in [0.2, 0.25) is 0 Å². The van der Waals surface area contributed by atoms with Gasteiger partial charge in [0.05, 0.1) is 6.33 Å². The molecule has 1 heteroatoms. The molecule has 0 spiro atoms. The van der Waals surface area contributed by atoms with E-state index in [2.05, 4.69) is 0 Å². The Morgan fingerprint density at radius 2 is 1.86 bits per heavy atom. The van der Waals surface area contributed by atoms with Crippen molar-refractivity contribution in [3.63, 3.8) is 0 Å². The second-order valence-electron chi connectivity index (χ2n) is 1.47. The highest BCUT2D eigenvalue weighted by Crippen LogP contribution is 2.03. The van der Waals surface area contributed by atoms with Crippen LogP contribution >= 0.6 is 0 Å². The molecule has 0 fully saturated rings. The Morgan fingerprint density at radius 1 is 1.43 bits per heavy atom. The van der Waals surface area contributed by atoms with Gasteiger partial charge in [0, 0.05) is 0 Å². The van der Waals surface area contributed by atoms with E-state index in [0.717, 1.165) is 18.4 Å². The minimum absolute atomic E-state index is 0.694. The van der Waals surface area contributed by atoms with Gasteiger partial charge in [-0.25, -0.2) is 4.39 Å². The van der Waals surface area contributed by atoms with Crippen LogP contribution in [0.1, 0.15) is 26.7 Å². The second-order valence-corrected chi connectivity index (χ2v) is 1.47. The minimum atomic E-state index is 0.694. The molecule has 0 N–H and O–H groups in total. The lowest BCUT2D eigenvalue weighted by Gasteiger charge is -1.90. The van der Waals surface area contributed by atoms with E-state index in [-0.39, 0.29) is 0 Å². The SMILES string of the molecule is CCC(=CF)CC. The van der Waals surface area contributed by atoms with Crippen LogP contribution in [-0.2, 0) is 0 Å². The largest absolute Gasteiger partial charge is 0.216 e. The predicted molar refractivity (Wildman–Crippen MR) is 29.8 cm³/mol. The van der Waals surface area contributed by atoms with E-state index in [0.29, 0.717) is 6.33 Å². The molecule has 0 unspecified atom stereocenters. The average Bonchev–Trinajstić information content (AvgIpc) is 1.72. The van der Waals surface area contributed by atoms with Crippen molar-refractivity contribution in [2.24, 2.45) is 0 Å². The molecule has 0 amide bonds. The quantitative estimate of drug-likeness (QED) is 0.502. The zero-order valence-corrected chi connectivity index (χ0v) is 4.87. The van der Waals surface area contributed by atoms with Crippen molar-refractivity contribution in [2.75, 3.05) is 0 Å². The molecule has 0 saturated heterocycles. The fourth-order valence-electron chi connectivity index (χ4n) is 0.404. The van der Waals surface area contributed by atoms with Gasteiger partial charge in [0.2, 0.25) is 0 Å². The number of allylic oxidation sites excluding steroid dienone is 1. The molecular formula is C6H11F. The first-order valence-electron chi connectivity index (χ1n) is 2.63. The third kappa shape index (κ3) is 2.38. The first-order chi connectivity index (χ1) is 3.35. The first kappa shape index (κ1) is 6.67. The second kappa shape index (κ2) is 3.85. The van der Waals surface area contributed by atoms with Crippen molar-refractivity contribution in [1.82, 2.24) is 0 Å². The fraction of sp³-hybridized carbons (Fsp3) is 0.667. The molecule has 0 heterocycles. The van der Waals surface area contributed by atoms with Gasteiger partial charge < -0.3 is 0 Å². The highest BCUT2D eigenvalue weighted by atomic mass is 19.1. The van der Waals surface area contributed by atoms with E-state index < -0.39 is 0 Å². The van der Waals surface area contributed by atoms with Crippen LogP contribution in [0, 0.1) is 0 Å². The molecule has 0 saturated carbocycles. The third-order valence-corrected chi connectivity index (χ3v) is 1.06. The van der Waals surface area contributed by atoms with Crippen LogP contribution in [0.3, 0.4) is 0 Å². The standard InChI is InChI=1S/C6H11F/c1-3-6(4-2)5-7/h5H,3-4H2,1-2H3. The molecule has 7 heavy (non-hydrogen) atoms. The maximum absolute atomic E-state index is 11.5. The molecule has 0 radical (unpaired) electrons. The van der Waals surface area contributed by atoms with Crippen LogP contribution in [0.5, 0.6) is 0 Å². The topological polar surface area (TPSA) is 0 Å². The molecule has 0 aliphatic rings. The minimum Gasteiger partial charge on any atom is -0.216 e. The molecule has 0 aliphatic carbocycles. The monoisotopic (exact) mass is 102 g/mol. The normalized spacial score (nSPS) is 8.43. The third-order valence-electron chi connectivity index (χ3n) is 1.06. The Labute approximate surface area is 44.0 Å². The number of rotatable bonds is 2. The van der Waals surface area contributed by atoms with Crippen LogP contribution in [0.25, 0.3) is 0 Å². The number of hydrogen-bond donors (Lipinski definition) is 0. The van der Waals surface area contributed by atoms with Gasteiger partial charge in [0.1, 0.15) is 0 Å². The van der Waals surface area contributed by atoms with E-state index in [9.17, 15) is 4.39 Å². The van der Waals surface area contributed by atoms with Crippen molar-refractivity contribution in [3.8, 4) is 0 Å². The number of hydrogen-bond acceptors (Lipinski definition) is 0. The van der Waals surface area contributed by atoms with E-state index in [1.807, 2.05) is 13.8 Å². The van der Waals surface area contributed by atoms with Crippen molar-refractivity contribution >= 4 is 0 Å². The van der Waals surface area contributed by atoms with Gasteiger partial charge in [0.25, 0.3) is 0 Å². The molecule has 0 atom stereocenters. The van der Waals surface area contributed by atoms with Gasteiger partial charge in [-0.2, -0.15) is 0 Å². The summed E-state index contributed by atoms with van der Waals surface area (Å²) in [6, 6.07) is 0. The summed E-state index contributed by atoms with van der Waals surface area (Å²) in [5.41, 5.74) is 0.889. The smallest absolute Gasteiger partial charge is 0.0858 e. The van der Waals surface area contributed by atoms with E-state index in [1.165, 1.54) is 0 Å². The summed E-state index contributed by atoms with van der Waals surface area (Å²) in [5.74, 6) is 0. The Morgan fingerprint density at radius 3 is 1.86 bits per heavy atom. The molecule has 0 aromatic carbocycles. The maximum Gasteiger partial charge on any atom is 0.0858 e. The Bertz CT molecular complexity index is 58.6. The summed E-state index contributed by atoms with van der Waals surface area (Å²) in [6.45, 7) is 3.91. The Kier molecular flexibility index (Phi) is 3.67. The molecule has 0 aliphatic heterocycles. The molecular weight excluding hydrogens is 91.1 g/mol. The van der Waals surface area contributed by atoms with E-state index >= 15 is 0 Å². The highest BCUT2D eigenvalue weighted by Gasteiger charge is 1.84. The summed E-state index contributed by atoms with van der Waals surface area (Å²) in [6.07, 6.45) is 2.38. The molecule has 0 aromatic rings. The van der Waals surface area contributed by atoms with Crippen molar-refractivity contribution in [1.29, 1.82) is 0 Å². The van der Waals surface area contributed by atoms with Gasteiger partial charge in [-0.05, 0) is 18.4 Å². The van der Waals surface area contributed by atoms with Gasteiger partial charge >= 0.3 is 0 Å². The van der Waals surface area contributed by atoms with Crippen LogP contribution < -0.4 is 0 Å². The molecule has 0 aromatic heterocycles. The zero-order valence-electron chi connectivity index (χ0n) is 4.87. The van der Waals surface area contributed by atoms with Crippen LogP contribution in [0.15, 0.2) is 11.9 Å². The maximum atomic E-state index is 11.5. The first-order valence-corrected chi connectivity index (χ1v) is 2.63. The van der Waals surface area contributed by atoms with E-state index in [1.54, 1.807) is 0 Å². The lowest BCUT2D eigenvalue weighted by molar-refractivity contribution is 0.694. The molecule has 0 rings (SSSR count). The summed E-state index contributed by atoms with van der Waals surface area (Å²) in [7, 11) is 0. The highest BCUT2D eigenvalue weighted by molar-refractivity contribution is 4.94. The van der Waals surface area contributed by atoms with Crippen LogP contribution in [0.4, 0.5) is 4.39 Å². The molecule has 42 valence electrons. The summed E-state index contributed by atoms with van der Waals surface area (Å²) in [5, 5.41) is 0. The van der Waals surface area contributed by atoms with Gasteiger partial charge in [-0.3, -0.25) is 0 Å². The van der Waals surface area contributed by atoms with Crippen molar-refractivity contribution in [2.45, 2.75) is 26.7 Å². The summed E-state index contributed by atoms with van der Waals surface area (Å²) in [4.78, 5) is 0. The van der Waals surface area contributed by atoms with Crippen molar-refractivity contribution < 1.29 is 4.39 Å². The van der Waals surface area contributed by atoms with Gasteiger partial charge in [-0.15, -0.1) is 0 Å². The molecule has 0 bridgehead atoms. The van der Waals surface area contributed by atoms with E-state index in [4.69, 9.17) is 0 Å². The zero-order chi connectivity index (χ0) is 5.70. The summed E-state index contributed by atoms with van der Waals surface area (Å²) < 4.78 is 11.5. The fourth-order valence-corrected chi connectivity index (χ4v) is 0.404. The van der Waals surface area contributed by atoms with Crippen LogP contribution in [-0.4, -0.2) is 0 Å². The van der Waals surface area contributed by atoms with Gasteiger partial charge in [0.15, 0.2) is 0 Å². The average molecular weight is 102 g/mol. The number of halogens is 1. The van der Waals surface area contributed by atoms with Gasteiger partial charge in [-0.1, -0.05) is 13.8 Å². The Hall–Kier alpha value is -0.330. The molecule has 0 nitrogen and oxygen atoms in total. The lowest BCUT2D eigenvalue weighted by Crippen LogP contribution is -1.71. The Balaban J connectivity index is 3.38. The summed E-state index contributed by atoms with van der Waals surface area (Å²) >= 11 is 0. The van der Waals surface area contributed by atoms with Crippen molar-refractivity contribution in [3.05, 3.63) is 11.9 Å². The lowest BCUT2D eigenvalue weighted by atomic mass is 10.2.